The molecule has 0 unspecified atom stereocenters. The first-order chi connectivity index (χ1) is 6.61. The molecule has 0 heterocycles. The Morgan fingerprint density at radius 2 is 2.20 bits per heavy atom. The monoisotopic (exact) mass is 230 g/mol. The van der Waals surface area contributed by atoms with Crippen LogP contribution >= 0.6 is 12.4 Å². The highest BCUT2D eigenvalue weighted by Crippen LogP contribution is 2.29. The van der Waals surface area contributed by atoms with Crippen molar-refractivity contribution in [3.63, 3.8) is 0 Å². The van der Waals surface area contributed by atoms with Crippen molar-refractivity contribution in [3.05, 3.63) is 29.1 Å². The van der Waals surface area contributed by atoms with Crippen LogP contribution in [0.4, 0.5) is 4.39 Å². The minimum Gasteiger partial charge on any atom is -0.506 e. The first kappa shape index (κ1) is 13.7. The average Bonchev–Trinajstić information content (AvgIpc) is 2.18. The Hall–Kier alpha value is -1.31. The lowest BCUT2D eigenvalue weighted by molar-refractivity contribution is 0.451. The van der Waals surface area contributed by atoms with Gasteiger partial charge in [-0.15, -0.1) is 12.4 Å². The van der Waals surface area contributed by atoms with E-state index in [9.17, 15) is 9.50 Å². The third-order valence-electron chi connectivity index (χ3n) is 2.11. The summed E-state index contributed by atoms with van der Waals surface area (Å²) in [5.74, 6) is -1.07. The molecule has 82 valence electrons. The van der Waals surface area contributed by atoms with Gasteiger partial charge in [0.15, 0.2) is 0 Å². The molecule has 0 spiro atoms. The minimum absolute atomic E-state index is 0. The Kier molecular flexibility index (Phi) is 5.06. The van der Waals surface area contributed by atoms with Crippen LogP contribution in [0.25, 0.3) is 0 Å². The van der Waals surface area contributed by atoms with Crippen LogP contribution in [0, 0.1) is 17.1 Å². The largest absolute Gasteiger partial charge is 0.506 e. The molecule has 0 bridgehead atoms. The van der Waals surface area contributed by atoms with Crippen LogP contribution in [-0.4, -0.2) is 5.11 Å². The standard InChI is InChI=1S/C10H11FN2O.ClH/c1-2-9(13)6-3-4-8(11)7(5-12)10(6)14;/h3-4,9,14H,2,13H2,1H3;1H/t9-;/m0./s1. The highest BCUT2D eigenvalue weighted by atomic mass is 35.5. The van der Waals surface area contributed by atoms with E-state index in [0.717, 1.165) is 6.07 Å². The topological polar surface area (TPSA) is 70.0 Å². The van der Waals surface area contributed by atoms with Gasteiger partial charge in [-0.25, -0.2) is 4.39 Å². The third kappa shape index (κ3) is 2.58. The predicted molar refractivity (Wildman–Crippen MR) is 57.2 cm³/mol. The van der Waals surface area contributed by atoms with Gasteiger partial charge in [0.05, 0.1) is 0 Å². The van der Waals surface area contributed by atoms with Gasteiger partial charge in [0.2, 0.25) is 0 Å². The Bertz CT molecular complexity index is 390. The lowest BCUT2D eigenvalue weighted by Crippen LogP contribution is -2.09. The highest BCUT2D eigenvalue weighted by molar-refractivity contribution is 5.85. The molecule has 0 amide bonds. The predicted octanol–water partition coefficient (Wildman–Crippen LogP) is 2.23. The molecule has 0 radical (unpaired) electrons. The normalized spacial score (nSPS) is 11.3. The molecule has 0 saturated heterocycles. The average molecular weight is 231 g/mol. The van der Waals surface area contributed by atoms with Crippen molar-refractivity contribution < 1.29 is 9.50 Å². The Morgan fingerprint density at radius 3 is 2.67 bits per heavy atom. The first-order valence-corrected chi connectivity index (χ1v) is 4.28. The summed E-state index contributed by atoms with van der Waals surface area (Å²) < 4.78 is 13.0. The molecule has 0 fully saturated rings. The minimum atomic E-state index is -0.725. The van der Waals surface area contributed by atoms with Crippen LogP contribution in [0.5, 0.6) is 5.75 Å². The molecule has 0 aromatic heterocycles. The summed E-state index contributed by atoms with van der Waals surface area (Å²) in [7, 11) is 0. The molecule has 0 aliphatic carbocycles. The number of phenolic OH excluding ortho intramolecular Hbond substituents is 1. The number of phenols is 1. The van der Waals surface area contributed by atoms with E-state index in [0.29, 0.717) is 12.0 Å². The lowest BCUT2D eigenvalue weighted by atomic mass is 10.0. The Morgan fingerprint density at radius 1 is 1.60 bits per heavy atom. The fourth-order valence-corrected chi connectivity index (χ4v) is 1.21. The van der Waals surface area contributed by atoms with E-state index in [1.54, 1.807) is 6.07 Å². The number of nitrogens with two attached hydrogens (primary N) is 1. The summed E-state index contributed by atoms with van der Waals surface area (Å²) in [5.41, 5.74) is 5.74. The maximum atomic E-state index is 13.0. The van der Waals surface area contributed by atoms with Crippen LogP contribution in [0.15, 0.2) is 12.1 Å². The molecule has 1 rings (SSSR count). The smallest absolute Gasteiger partial charge is 0.144 e. The Balaban J connectivity index is 0.00000196. The summed E-state index contributed by atoms with van der Waals surface area (Å²) in [4.78, 5) is 0. The van der Waals surface area contributed by atoms with Gasteiger partial charge in [-0.05, 0) is 12.5 Å². The number of nitriles is 1. The van der Waals surface area contributed by atoms with Crippen LogP contribution in [-0.2, 0) is 0 Å². The maximum Gasteiger partial charge on any atom is 0.144 e. The maximum absolute atomic E-state index is 13.0. The van der Waals surface area contributed by atoms with Gasteiger partial charge in [0.1, 0.15) is 23.2 Å². The Labute approximate surface area is 93.7 Å². The highest BCUT2D eigenvalue weighted by Gasteiger charge is 2.15. The molecule has 0 aliphatic heterocycles. The van der Waals surface area contributed by atoms with E-state index in [1.165, 1.54) is 6.07 Å². The van der Waals surface area contributed by atoms with Crippen molar-refractivity contribution in [1.82, 2.24) is 0 Å². The summed E-state index contributed by atoms with van der Waals surface area (Å²) >= 11 is 0. The van der Waals surface area contributed by atoms with Gasteiger partial charge in [-0.3, -0.25) is 0 Å². The van der Waals surface area contributed by atoms with E-state index in [-0.39, 0.29) is 29.8 Å². The number of halogens is 2. The first-order valence-electron chi connectivity index (χ1n) is 4.28. The number of aromatic hydroxyl groups is 1. The van der Waals surface area contributed by atoms with Crippen LogP contribution in [0.1, 0.15) is 30.5 Å². The van der Waals surface area contributed by atoms with Crippen molar-refractivity contribution >= 4 is 12.4 Å². The second-order valence-corrected chi connectivity index (χ2v) is 2.99. The fourth-order valence-electron chi connectivity index (χ4n) is 1.21. The second-order valence-electron chi connectivity index (χ2n) is 2.99. The van der Waals surface area contributed by atoms with Gasteiger partial charge in [0, 0.05) is 11.6 Å². The zero-order valence-corrected chi connectivity index (χ0v) is 9.01. The van der Waals surface area contributed by atoms with E-state index in [2.05, 4.69) is 0 Å². The quantitative estimate of drug-likeness (QED) is 0.819. The van der Waals surface area contributed by atoms with Crippen molar-refractivity contribution in [2.24, 2.45) is 5.73 Å². The molecule has 1 atom stereocenters. The fraction of sp³-hybridized carbons (Fsp3) is 0.300. The molecule has 1 aromatic rings. The van der Waals surface area contributed by atoms with Gasteiger partial charge < -0.3 is 10.8 Å². The van der Waals surface area contributed by atoms with E-state index in [4.69, 9.17) is 11.0 Å². The summed E-state index contributed by atoms with van der Waals surface area (Å²) in [6.07, 6.45) is 0.615. The van der Waals surface area contributed by atoms with Crippen molar-refractivity contribution in [3.8, 4) is 11.8 Å². The SMILES string of the molecule is CC[C@H](N)c1ccc(F)c(C#N)c1O.Cl. The molecule has 1 aromatic carbocycles. The third-order valence-corrected chi connectivity index (χ3v) is 2.11. The molecule has 0 saturated carbocycles. The molecule has 3 N–H and O–H groups in total. The number of nitrogens with zero attached hydrogens (tertiary/aromatic N) is 1. The second kappa shape index (κ2) is 5.54. The van der Waals surface area contributed by atoms with Crippen LogP contribution in [0.2, 0.25) is 0 Å². The van der Waals surface area contributed by atoms with Gasteiger partial charge in [-0.1, -0.05) is 13.0 Å². The van der Waals surface area contributed by atoms with Gasteiger partial charge in [-0.2, -0.15) is 5.26 Å². The van der Waals surface area contributed by atoms with Gasteiger partial charge >= 0.3 is 0 Å². The van der Waals surface area contributed by atoms with Crippen molar-refractivity contribution in [1.29, 1.82) is 5.26 Å². The lowest BCUT2D eigenvalue weighted by Gasteiger charge is -2.12. The molecular formula is C10H12ClFN2O. The molecule has 0 aliphatic rings. The van der Waals surface area contributed by atoms with E-state index in [1.807, 2.05) is 6.92 Å². The zero-order chi connectivity index (χ0) is 10.7. The number of benzene rings is 1. The summed E-state index contributed by atoms with van der Waals surface area (Å²) in [5, 5.41) is 18.1. The summed E-state index contributed by atoms with van der Waals surface area (Å²) in [6.45, 7) is 1.85. The van der Waals surface area contributed by atoms with E-state index >= 15 is 0 Å². The van der Waals surface area contributed by atoms with Crippen LogP contribution in [0.3, 0.4) is 0 Å². The molecule has 15 heavy (non-hydrogen) atoms. The van der Waals surface area contributed by atoms with E-state index < -0.39 is 5.82 Å². The van der Waals surface area contributed by atoms with Crippen molar-refractivity contribution in [2.75, 3.05) is 0 Å². The number of hydrogen-bond donors (Lipinski definition) is 2. The van der Waals surface area contributed by atoms with Gasteiger partial charge in [0.25, 0.3) is 0 Å². The van der Waals surface area contributed by atoms with Crippen LogP contribution < -0.4 is 5.73 Å². The number of hydrogen-bond acceptors (Lipinski definition) is 3. The molecule has 5 heteroatoms. The zero-order valence-electron chi connectivity index (χ0n) is 8.20. The molecule has 3 nitrogen and oxygen atoms in total. The number of rotatable bonds is 2. The summed E-state index contributed by atoms with van der Waals surface area (Å²) in [6, 6.07) is 3.77. The van der Waals surface area contributed by atoms with Crippen molar-refractivity contribution in [2.45, 2.75) is 19.4 Å². The molecular weight excluding hydrogens is 219 g/mol.